The molecule has 2 aliphatic heterocycles. The molecule has 0 aliphatic carbocycles. The number of hydrogen-bond donors (Lipinski definition) is 1. The fourth-order valence-corrected chi connectivity index (χ4v) is 3.14. The second-order valence-corrected chi connectivity index (χ2v) is 5.35. The van der Waals surface area contributed by atoms with E-state index in [2.05, 4.69) is 29.2 Å². The van der Waals surface area contributed by atoms with Crippen molar-refractivity contribution < 1.29 is 0 Å². The second kappa shape index (κ2) is 4.81. The number of likely N-dealkylation sites (tertiary alicyclic amines) is 2. The molecule has 0 amide bonds. The molecule has 0 spiro atoms. The number of hydrogen-bond acceptors (Lipinski definition) is 3. The average molecular weight is 211 g/mol. The molecule has 0 unspecified atom stereocenters. The highest BCUT2D eigenvalue weighted by molar-refractivity contribution is 4.96. The minimum Gasteiger partial charge on any atom is -0.312 e. The van der Waals surface area contributed by atoms with Crippen LogP contribution in [-0.2, 0) is 0 Å². The first kappa shape index (κ1) is 11.4. The van der Waals surface area contributed by atoms with Crippen LogP contribution in [0.3, 0.4) is 0 Å². The van der Waals surface area contributed by atoms with Gasteiger partial charge < -0.3 is 15.1 Å². The molecular formula is C12H25N3. The zero-order valence-electron chi connectivity index (χ0n) is 10.3. The Hall–Kier alpha value is -0.120. The predicted octanol–water partition coefficient (Wildman–Crippen LogP) is 0.766. The van der Waals surface area contributed by atoms with Gasteiger partial charge in [-0.15, -0.1) is 0 Å². The highest BCUT2D eigenvalue weighted by atomic mass is 15.2. The molecular weight excluding hydrogens is 186 g/mol. The van der Waals surface area contributed by atoms with Gasteiger partial charge in [0, 0.05) is 18.6 Å². The maximum atomic E-state index is 3.59. The van der Waals surface area contributed by atoms with Crippen LogP contribution < -0.4 is 5.32 Å². The fraction of sp³-hybridized carbons (Fsp3) is 1.00. The van der Waals surface area contributed by atoms with E-state index < -0.39 is 0 Å². The third-order valence-electron chi connectivity index (χ3n) is 4.02. The van der Waals surface area contributed by atoms with Gasteiger partial charge in [0.25, 0.3) is 0 Å². The van der Waals surface area contributed by atoms with Crippen molar-refractivity contribution in [2.75, 3.05) is 46.8 Å². The van der Waals surface area contributed by atoms with E-state index in [1.54, 1.807) is 0 Å². The summed E-state index contributed by atoms with van der Waals surface area (Å²) in [5.74, 6) is 0. The lowest BCUT2D eigenvalue weighted by molar-refractivity contribution is 0.112. The van der Waals surface area contributed by atoms with Crippen LogP contribution in [0.5, 0.6) is 0 Å². The summed E-state index contributed by atoms with van der Waals surface area (Å²) in [5.41, 5.74) is 0.358. The normalized spacial score (nSPS) is 34.8. The lowest BCUT2D eigenvalue weighted by Crippen LogP contribution is -2.60. The van der Waals surface area contributed by atoms with Crippen molar-refractivity contribution in [3.63, 3.8) is 0 Å². The van der Waals surface area contributed by atoms with Gasteiger partial charge in [0.2, 0.25) is 0 Å². The summed E-state index contributed by atoms with van der Waals surface area (Å²) in [6.45, 7) is 6.34. The molecule has 3 nitrogen and oxygen atoms in total. The Morgan fingerprint density at radius 3 is 2.47 bits per heavy atom. The first-order chi connectivity index (χ1) is 7.24. The van der Waals surface area contributed by atoms with E-state index in [0.717, 1.165) is 0 Å². The molecule has 0 aromatic rings. The molecule has 1 N–H and O–H groups in total. The summed E-state index contributed by atoms with van der Waals surface area (Å²) in [6.07, 6.45) is 5.47. The van der Waals surface area contributed by atoms with Crippen molar-refractivity contribution in [2.45, 2.75) is 31.2 Å². The Bertz CT molecular complexity index is 201. The van der Waals surface area contributed by atoms with E-state index in [4.69, 9.17) is 0 Å². The molecule has 1 atom stereocenters. The summed E-state index contributed by atoms with van der Waals surface area (Å²) in [5, 5.41) is 3.59. The van der Waals surface area contributed by atoms with E-state index in [1.165, 1.54) is 58.4 Å². The Morgan fingerprint density at radius 1 is 1.13 bits per heavy atom. The smallest absolute Gasteiger partial charge is 0.0435 e. The van der Waals surface area contributed by atoms with Gasteiger partial charge in [-0.05, 0) is 59.4 Å². The summed E-state index contributed by atoms with van der Waals surface area (Å²) in [6, 6.07) is 0. The Kier molecular flexibility index (Phi) is 3.65. The van der Waals surface area contributed by atoms with Crippen LogP contribution in [0.25, 0.3) is 0 Å². The first-order valence-corrected chi connectivity index (χ1v) is 6.34. The highest BCUT2D eigenvalue weighted by Gasteiger charge is 2.34. The zero-order chi connectivity index (χ0) is 10.7. The fourth-order valence-electron chi connectivity index (χ4n) is 3.14. The number of rotatable bonds is 3. The largest absolute Gasteiger partial charge is 0.312 e. The topological polar surface area (TPSA) is 18.5 Å². The lowest BCUT2D eigenvalue weighted by atomic mass is 9.89. The van der Waals surface area contributed by atoms with Gasteiger partial charge >= 0.3 is 0 Å². The van der Waals surface area contributed by atoms with Gasteiger partial charge in [-0.25, -0.2) is 0 Å². The van der Waals surface area contributed by atoms with Gasteiger partial charge in [0.1, 0.15) is 0 Å². The molecule has 0 radical (unpaired) electrons. The molecule has 2 aliphatic rings. The van der Waals surface area contributed by atoms with Gasteiger partial charge in [-0.3, -0.25) is 0 Å². The third kappa shape index (κ3) is 2.71. The Balaban J connectivity index is 1.93. The maximum absolute atomic E-state index is 3.59. The molecule has 0 saturated carbocycles. The lowest BCUT2D eigenvalue weighted by Gasteiger charge is -2.43. The van der Waals surface area contributed by atoms with Gasteiger partial charge in [-0.1, -0.05) is 0 Å². The summed E-state index contributed by atoms with van der Waals surface area (Å²) < 4.78 is 0. The van der Waals surface area contributed by atoms with E-state index >= 15 is 0 Å². The van der Waals surface area contributed by atoms with Crippen LogP contribution in [0, 0.1) is 0 Å². The first-order valence-electron chi connectivity index (χ1n) is 6.34. The van der Waals surface area contributed by atoms with Crippen molar-refractivity contribution in [1.82, 2.24) is 15.1 Å². The molecule has 0 aromatic heterocycles. The monoisotopic (exact) mass is 211 g/mol. The second-order valence-electron chi connectivity index (χ2n) is 5.35. The van der Waals surface area contributed by atoms with Crippen molar-refractivity contribution in [1.29, 1.82) is 0 Å². The van der Waals surface area contributed by atoms with Gasteiger partial charge in [0.15, 0.2) is 0 Å². The van der Waals surface area contributed by atoms with Gasteiger partial charge in [0.05, 0.1) is 0 Å². The SMILES string of the molecule is CN[C@]1(CN2CCCC2)CCCN(C)C1. The van der Waals surface area contributed by atoms with Crippen LogP contribution >= 0.6 is 0 Å². The predicted molar refractivity (Wildman–Crippen MR) is 64.2 cm³/mol. The van der Waals surface area contributed by atoms with Crippen LogP contribution in [0.1, 0.15) is 25.7 Å². The van der Waals surface area contributed by atoms with E-state index in [-0.39, 0.29) is 0 Å². The molecule has 2 heterocycles. The molecule has 0 bridgehead atoms. The van der Waals surface area contributed by atoms with Crippen LogP contribution in [0.4, 0.5) is 0 Å². The molecule has 2 fully saturated rings. The maximum Gasteiger partial charge on any atom is 0.0435 e. The van der Waals surface area contributed by atoms with E-state index in [0.29, 0.717) is 5.54 Å². The van der Waals surface area contributed by atoms with Crippen molar-refractivity contribution in [2.24, 2.45) is 0 Å². The third-order valence-corrected chi connectivity index (χ3v) is 4.02. The summed E-state index contributed by atoms with van der Waals surface area (Å²) in [7, 11) is 4.38. The quantitative estimate of drug-likeness (QED) is 0.744. The van der Waals surface area contributed by atoms with Crippen LogP contribution in [-0.4, -0.2) is 62.2 Å². The van der Waals surface area contributed by atoms with Crippen LogP contribution in [0.15, 0.2) is 0 Å². The van der Waals surface area contributed by atoms with Crippen molar-refractivity contribution >= 4 is 0 Å². The standard InChI is InChI=1S/C12H25N3/c1-13-12(6-5-7-14(2)10-12)11-15-8-3-4-9-15/h13H,3-11H2,1-2H3/t12-/m1/s1. The number of likely N-dealkylation sites (N-methyl/N-ethyl adjacent to an activating group) is 2. The highest BCUT2D eigenvalue weighted by Crippen LogP contribution is 2.23. The molecule has 88 valence electrons. The van der Waals surface area contributed by atoms with Crippen molar-refractivity contribution in [3.05, 3.63) is 0 Å². The van der Waals surface area contributed by atoms with E-state index in [9.17, 15) is 0 Å². The van der Waals surface area contributed by atoms with Crippen LogP contribution in [0.2, 0.25) is 0 Å². The average Bonchev–Trinajstić information content (AvgIpc) is 2.70. The minimum atomic E-state index is 0.358. The molecule has 0 aromatic carbocycles. The molecule has 3 heteroatoms. The van der Waals surface area contributed by atoms with Gasteiger partial charge in [-0.2, -0.15) is 0 Å². The molecule has 2 saturated heterocycles. The zero-order valence-corrected chi connectivity index (χ0v) is 10.3. The molecule has 2 rings (SSSR count). The summed E-state index contributed by atoms with van der Waals surface area (Å²) in [4.78, 5) is 5.10. The van der Waals surface area contributed by atoms with Crippen molar-refractivity contribution in [3.8, 4) is 0 Å². The summed E-state index contributed by atoms with van der Waals surface area (Å²) >= 11 is 0. The minimum absolute atomic E-state index is 0.358. The number of nitrogens with one attached hydrogen (secondary N) is 1. The Morgan fingerprint density at radius 2 is 1.87 bits per heavy atom. The molecule has 15 heavy (non-hydrogen) atoms. The van der Waals surface area contributed by atoms with E-state index in [1.807, 2.05) is 0 Å². The number of piperidine rings is 1. The number of nitrogens with zero attached hydrogens (tertiary/aromatic N) is 2. The Labute approximate surface area is 93.8 Å².